The fourth-order valence-corrected chi connectivity index (χ4v) is 4.43. The minimum absolute atomic E-state index is 0.103. The van der Waals surface area contributed by atoms with E-state index in [0.29, 0.717) is 12.0 Å². The Labute approximate surface area is 160 Å². The molecule has 27 heavy (non-hydrogen) atoms. The van der Waals surface area contributed by atoms with Crippen LogP contribution in [0.1, 0.15) is 58.7 Å². The molecule has 4 atom stereocenters. The van der Waals surface area contributed by atoms with Crippen molar-refractivity contribution in [3.8, 4) is 0 Å². The van der Waals surface area contributed by atoms with Crippen molar-refractivity contribution in [2.45, 2.75) is 44.2 Å². The average Bonchev–Trinajstić information content (AvgIpc) is 2.65. The number of carbonyl (C=O) groups is 1. The third kappa shape index (κ3) is 4.27. The van der Waals surface area contributed by atoms with Gasteiger partial charge in [-0.2, -0.15) is 0 Å². The number of fused-ring (bicyclic) bond motifs is 1. The quantitative estimate of drug-likeness (QED) is 0.568. The molecule has 0 fully saturated rings. The number of aliphatic hydroxyl groups excluding tert-OH is 1. The first kappa shape index (κ1) is 19.7. The van der Waals surface area contributed by atoms with Crippen LogP contribution in [0, 0.1) is 6.92 Å². The van der Waals surface area contributed by atoms with Crippen LogP contribution in [0.4, 0.5) is 0 Å². The molecule has 1 aliphatic rings. The van der Waals surface area contributed by atoms with E-state index < -0.39 is 29.4 Å². The van der Waals surface area contributed by atoms with E-state index in [2.05, 4.69) is 4.72 Å². The number of aliphatic carboxylic acids is 1. The van der Waals surface area contributed by atoms with Gasteiger partial charge in [0.25, 0.3) is 0 Å². The Balaban J connectivity index is 2.06. The first-order valence-electron chi connectivity index (χ1n) is 8.84. The third-order valence-electron chi connectivity index (χ3n) is 5.18. The summed E-state index contributed by atoms with van der Waals surface area (Å²) in [4.78, 5) is 11.3. The number of aliphatic hydroxyl groups is 1. The number of hydrogen-bond donors (Lipinski definition) is 4. The predicted octanol–water partition coefficient (Wildman–Crippen LogP) is 3.00. The van der Waals surface area contributed by atoms with Crippen LogP contribution in [0.5, 0.6) is 0 Å². The van der Waals surface area contributed by atoms with E-state index in [0.717, 1.165) is 35.1 Å². The van der Waals surface area contributed by atoms with Crippen LogP contribution in [0.2, 0.25) is 0 Å². The number of benzene rings is 2. The zero-order valence-corrected chi connectivity index (χ0v) is 15.8. The van der Waals surface area contributed by atoms with Crippen LogP contribution >= 0.6 is 0 Å². The second-order valence-electron chi connectivity index (χ2n) is 6.91. The summed E-state index contributed by atoms with van der Waals surface area (Å²) >= 11 is -2.19. The molecule has 2 aromatic rings. The van der Waals surface area contributed by atoms with Crippen molar-refractivity contribution in [1.82, 2.24) is 4.72 Å². The topological polar surface area (TPSA) is 107 Å². The molecule has 0 amide bonds. The van der Waals surface area contributed by atoms with E-state index >= 15 is 0 Å². The van der Waals surface area contributed by atoms with E-state index in [1.165, 1.54) is 0 Å². The minimum Gasteiger partial charge on any atom is -0.479 e. The summed E-state index contributed by atoms with van der Waals surface area (Å²) in [6.45, 7) is 1.98. The molecular formula is C20H23NO5S. The van der Waals surface area contributed by atoms with Crippen molar-refractivity contribution in [2.24, 2.45) is 0 Å². The maximum absolute atomic E-state index is 11.6. The summed E-state index contributed by atoms with van der Waals surface area (Å²) in [5.41, 5.74) is 4.13. The number of carboxylic acids is 1. The maximum atomic E-state index is 11.6. The SMILES string of the molecule is Cc1ccc(C(NS(=O)O)C2CCCc3c(C(O)C(=O)O)cccc32)cc1. The van der Waals surface area contributed by atoms with E-state index in [1.807, 2.05) is 37.3 Å². The molecule has 4 unspecified atom stereocenters. The molecule has 0 saturated carbocycles. The first-order valence-corrected chi connectivity index (χ1v) is 9.95. The summed E-state index contributed by atoms with van der Waals surface area (Å²) in [6, 6.07) is 12.7. The Morgan fingerprint density at radius 1 is 1.22 bits per heavy atom. The second-order valence-corrected chi connectivity index (χ2v) is 7.64. The van der Waals surface area contributed by atoms with Gasteiger partial charge < -0.3 is 10.2 Å². The molecular weight excluding hydrogens is 366 g/mol. The molecule has 0 aromatic heterocycles. The number of hydrogen-bond acceptors (Lipinski definition) is 3. The normalized spacial score (nSPS) is 19.7. The van der Waals surface area contributed by atoms with Crippen molar-refractivity contribution in [3.63, 3.8) is 0 Å². The maximum Gasteiger partial charge on any atom is 0.337 e. The van der Waals surface area contributed by atoms with E-state index in [1.54, 1.807) is 12.1 Å². The second kappa shape index (κ2) is 8.31. The zero-order valence-electron chi connectivity index (χ0n) is 15.0. The summed E-state index contributed by atoms with van der Waals surface area (Å²) in [5.74, 6) is -1.39. The van der Waals surface area contributed by atoms with Gasteiger partial charge in [-0.15, -0.1) is 0 Å². The van der Waals surface area contributed by atoms with Crippen LogP contribution in [0.15, 0.2) is 42.5 Å². The molecule has 0 radical (unpaired) electrons. The molecule has 0 bridgehead atoms. The Morgan fingerprint density at radius 2 is 1.93 bits per heavy atom. The number of nitrogens with one attached hydrogen (secondary N) is 1. The highest BCUT2D eigenvalue weighted by Crippen LogP contribution is 2.42. The summed E-state index contributed by atoms with van der Waals surface area (Å²) in [6.07, 6.45) is 0.706. The fraction of sp³-hybridized carbons (Fsp3) is 0.350. The van der Waals surface area contributed by atoms with E-state index in [-0.39, 0.29) is 5.92 Å². The molecule has 2 aromatic carbocycles. The van der Waals surface area contributed by atoms with Gasteiger partial charge in [-0.05, 0) is 48.4 Å². The lowest BCUT2D eigenvalue weighted by molar-refractivity contribution is -0.147. The van der Waals surface area contributed by atoms with Crippen molar-refractivity contribution in [3.05, 3.63) is 70.3 Å². The lowest BCUT2D eigenvalue weighted by Gasteiger charge is -2.34. The van der Waals surface area contributed by atoms with Gasteiger partial charge in [0.1, 0.15) is 0 Å². The summed E-state index contributed by atoms with van der Waals surface area (Å²) in [7, 11) is 0. The molecule has 4 N–H and O–H groups in total. The fourth-order valence-electron chi connectivity index (χ4n) is 3.91. The molecule has 144 valence electrons. The van der Waals surface area contributed by atoms with Gasteiger partial charge in [0.05, 0.1) is 6.04 Å². The van der Waals surface area contributed by atoms with Gasteiger partial charge in [0, 0.05) is 5.92 Å². The van der Waals surface area contributed by atoms with Crippen molar-refractivity contribution in [1.29, 1.82) is 0 Å². The molecule has 1 aliphatic carbocycles. The van der Waals surface area contributed by atoms with E-state index in [9.17, 15) is 23.8 Å². The molecule has 3 rings (SSSR count). The lowest BCUT2D eigenvalue weighted by Crippen LogP contribution is -2.31. The molecule has 0 saturated heterocycles. The average molecular weight is 389 g/mol. The standard InChI is InChI=1S/C20H23NO5S/c1-12-8-10-13(11-9-12)18(21-27(25)26)16-6-2-5-15-14(16)4-3-7-17(15)19(22)20(23)24/h3-4,7-11,16,18-19,21-22H,2,5-6H2,1H3,(H,23,24)(H,25,26). The van der Waals surface area contributed by atoms with E-state index in [4.69, 9.17) is 0 Å². The van der Waals surface area contributed by atoms with Crippen LogP contribution in [0.25, 0.3) is 0 Å². The highest BCUT2D eigenvalue weighted by molar-refractivity contribution is 7.77. The smallest absolute Gasteiger partial charge is 0.337 e. The summed E-state index contributed by atoms with van der Waals surface area (Å²) < 4.78 is 23.8. The molecule has 0 heterocycles. The van der Waals surface area contributed by atoms with Crippen LogP contribution in [-0.4, -0.2) is 24.9 Å². The van der Waals surface area contributed by atoms with Crippen molar-refractivity contribution >= 4 is 17.2 Å². The predicted molar refractivity (Wildman–Crippen MR) is 103 cm³/mol. The lowest BCUT2D eigenvalue weighted by atomic mass is 9.75. The van der Waals surface area contributed by atoms with Crippen molar-refractivity contribution in [2.75, 3.05) is 0 Å². The van der Waals surface area contributed by atoms with Gasteiger partial charge in [0.2, 0.25) is 11.3 Å². The zero-order chi connectivity index (χ0) is 19.6. The van der Waals surface area contributed by atoms with Gasteiger partial charge in [-0.3, -0.25) is 4.55 Å². The molecule has 7 heteroatoms. The molecule has 6 nitrogen and oxygen atoms in total. The van der Waals surface area contributed by atoms with Crippen LogP contribution < -0.4 is 4.72 Å². The number of aryl methyl sites for hydroxylation is 1. The molecule has 0 aliphatic heterocycles. The monoisotopic (exact) mass is 389 g/mol. The first-order chi connectivity index (χ1) is 12.9. The summed E-state index contributed by atoms with van der Waals surface area (Å²) in [5, 5.41) is 19.3. The largest absolute Gasteiger partial charge is 0.479 e. The van der Waals surface area contributed by atoms with Gasteiger partial charge in [-0.1, -0.05) is 48.0 Å². The highest BCUT2D eigenvalue weighted by Gasteiger charge is 2.32. The van der Waals surface area contributed by atoms with Gasteiger partial charge >= 0.3 is 5.97 Å². The third-order valence-corrected chi connectivity index (χ3v) is 5.64. The molecule has 0 spiro atoms. The number of carboxylic acid groups (broad SMARTS) is 1. The Morgan fingerprint density at radius 3 is 2.56 bits per heavy atom. The number of rotatable bonds is 6. The van der Waals surface area contributed by atoms with Gasteiger partial charge in [0.15, 0.2) is 6.10 Å². The Kier molecular flexibility index (Phi) is 6.06. The van der Waals surface area contributed by atoms with Crippen molar-refractivity contribution < 1.29 is 23.8 Å². The van der Waals surface area contributed by atoms with Gasteiger partial charge in [-0.25, -0.2) is 13.7 Å². The van der Waals surface area contributed by atoms with Crippen LogP contribution in [0.3, 0.4) is 0 Å². The highest BCUT2D eigenvalue weighted by atomic mass is 32.2. The van der Waals surface area contributed by atoms with Crippen LogP contribution in [-0.2, 0) is 22.5 Å². The Bertz CT molecular complexity index is 852. The Hall–Kier alpha value is -2.06. The minimum atomic E-state index is -2.19.